The molecule has 0 bridgehead atoms. The van der Waals surface area contributed by atoms with Crippen LogP contribution in [0.4, 0.5) is 0 Å². The van der Waals surface area contributed by atoms with Crippen LogP contribution in [0, 0.1) is 0 Å². The zero-order valence-electron chi connectivity index (χ0n) is 6.80. The first-order chi connectivity index (χ1) is 5.74. The summed E-state index contributed by atoms with van der Waals surface area (Å²) in [6, 6.07) is -0.371. The summed E-state index contributed by atoms with van der Waals surface area (Å²) in [5.41, 5.74) is 0. The Morgan fingerprint density at radius 1 is 1.75 bits per heavy atom. The smallest absolute Gasteiger partial charge is 0.244 e. The zero-order chi connectivity index (χ0) is 8.97. The first kappa shape index (κ1) is 8.77. The second-order valence-corrected chi connectivity index (χ2v) is 2.70. The van der Waals surface area contributed by atoms with Gasteiger partial charge < -0.3 is 10.6 Å². The largest absolute Gasteiger partial charge is 0.354 e. The number of nitrogens with one attached hydrogen (secondary N) is 2. The quantitative estimate of drug-likeness (QED) is 0.549. The third-order valence-corrected chi connectivity index (χ3v) is 1.79. The Bertz CT molecular complexity index is 213. The van der Waals surface area contributed by atoms with E-state index in [2.05, 4.69) is 17.2 Å². The van der Waals surface area contributed by atoms with Crippen LogP contribution >= 0.6 is 0 Å². The predicted octanol–water partition coefficient (Wildman–Crippen LogP) is -0.433. The molecule has 1 heterocycles. The highest BCUT2D eigenvalue weighted by atomic mass is 16.2. The average molecular weight is 168 g/mol. The fourth-order valence-corrected chi connectivity index (χ4v) is 1.14. The molecule has 0 aromatic carbocycles. The van der Waals surface area contributed by atoms with Crippen molar-refractivity contribution in [3.8, 4) is 0 Å². The van der Waals surface area contributed by atoms with Crippen molar-refractivity contribution in [2.75, 3.05) is 6.54 Å². The predicted molar refractivity (Wildman–Crippen MR) is 44.4 cm³/mol. The first-order valence-corrected chi connectivity index (χ1v) is 3.94. The highest BCUT2D eigenvalue weighted by Gasteiger charge is 2.22. The van der Waals surface area contributed by atoms with Gasteiger partial charge in [-0.25, -0.2) is 0 Å². The summed E-state index contributed by atoms with van der Waals surface area (Å²) in [5.74, 6) is -0.395. The van der Waals surface area contributed by atoms with E-state index in [0.717, 1.165) is 6.42 Å². The number of piperidine rings is 1. The van der Waals surface area contributed by atoms with Gasteiger partial charge in [0.1, 0.15) is 6.04 Å². The van der Waals surface area contributed by atoms with E-state index < -0.39 is 0 Å². The maximum Gasteiger partial charge on any atom is 0.244 e. The normalized spacial score (nSPS) is 22.7. The maximum atomic E-state index is 11.1. The van der Waals surface area contributed by atoms with Crippen molar-refractivity contribution in [2.45, 2.75) is 18.9 Å². The number of hydrogen-bond donors (Lipinski definition) is 2. The van der Waals surface area contributed by atoms with Gasteiger partial charge in [0.25, 0.3) is 0 Å². The second kappa shape index (κ2) is 3.90. The van der Waals surface area contributed by atoms with Crippen LogP contribution in [0.2, 0.25) is 0 Å². The number of carbonyl (C=O) groups is 2. The van der Waals surface area contributed by atoms with Crippen molar-refractivity contribution in [2.24, 2.45) is 0 Å². The molecule has 1 aliphatic rings. The summed E-state index contributed by atoms with van der Waals surface area (Å²) in [6.45, 7) is 4.02. The molecule has 66 valence electrons. The van der Waals surface area contributed by atoms with Gasteiger partial charge in [-0.05, 0) is 18.9 Å². The number of amides is 2. The summed E-state index contributed by atoms with van der Waals surface area (Å²) < 4.78 is 0. The van der Waals surface area contributed by atoms with Crippen LogP contribution in [0.1, 0.15) is 12.8 Å². The van der Waals surface area contributed by atoms with E-state index in [1.54, 1.807) is 0 Å². The monoisotopic (exact) mass is 168 g/mol. The molecule has 1 rings (SSSR count). The number of hydrogen-bond acceptors (Lipinski definition) is 2. The van der Waals surface area contributed by atoms with E-state index in [-0.39, 0.29) is 17.9 Å². The standard InChI is InChI=1S/C8H12N2O2/c1-2-7(11)10-6-4-3-5-9-8(6)12/h2,6H,1,3-5H2,(H,9,12)(H,10,11). The van der Waals surface area contributed by atoms with Crippen molar-refractivity contribution in [1.29, 1.82) is 0 Å². The van der Waals surface area contributed by atoms with E-state index in [9.17, 15) is 9.59 Å². The fourth-order valence-electron chi connectivity index (χ4n) is 1.14. The average Bonchev–Trinajstić information content (AvgIpc) is 2.09. The van der Waals surface area contributed by atoms with E-state index in [4.69, 9.17) is 0 Å². The highest BCUT2D eigenvalue weighted by molar-refractivity contribution is 5.92. The lowest BCUT2D eigenvalue weighted by Gasteiger charge is -2.21. The summed E-state index contributed by atoms with van der Waals surface area (Å²) >= 11 is 0. The Labute approximate surface area is 71.0 Å². The SMILES string of the molecule is C=CC(=O)NC1CCCNC1=O. The Kier molecular flexibility index (Phi) is 2.85. The van der Waals surface area contributed by atoms with Crippen LogP contribution in [0.5, 0.6) is 0 Å². The van der Waals surface area contributed by atoms with Crippen LogP contribution in [0.15, 0.2) is 12.7 Å². The Morgan fingerprint density at radius 2 is 2.50 bits per heavy atom. The first-order valence-electron chi connectivity index (χ1n) is 3.94. The van der Waals surface area contributed by atoms with Crippen LogP contribution < -0.4 is 10.6 Å². The third-order valence-electron chi connectivity index (χ3n) is 1.79. The maximum absolute atomic E-state index is 11.1. The van der Waals surface area contributed by atoms with E-state index in [1.807, 2.05) is 0 Å². The van der Waals surface area contributed by atoms with Crippen molar-refractivity contribution in [3.63, 3.8) is 0 Å². The van der Waals surface area contributed by atoms with Gasteiger partial charge in [0.15, 0.2) is 0 Å². The Balaban J connectivity index is 2.44. The van der Waals surface area contributed by atoms with E-state index in [1.165, 1.54) is 6.08 Å². The molecule has 0 aromatic heterocycles. The molecular weight excluding hydrogens is 156 g/mol. The molecule has 1 saturated heterocycles. The molecule has 4 heteroatoms. The fraction of sp³-hybridized carbons (Fsp3) is 0.500. The van der Waals surface area contributed by atoms with Crippen LogP contribution in [-0.4, -0.2) is 24.4 Å². The Morgan fingerprint density at radius 3 is 3.08 bits per heavy atom. The minimum absolute atomic E-state index is 0.101. The molecule has 1 aliphatic heterocycles. The Hall–Kier alpha value is -1.32. The van der Waals surface area contributed by atoms with Crippen molar-refractivity contribution in [1.82, 2.24) is 10.6 Å². The lowest BCUT2D eigenvalue weighted by Crippen LogP contribution is -2.49. The molecular formula is C8H12N2O2. The number of carbonyl (C=O) groups excluding carboxylic acids is 2. The third kappa shape index (κ3) is 2.08. The van der Waals surface area contributed by atoms with Gasteiger partial charge in [0.2, 0.25) is 11.8 Å². The van der Waals surface area contributed by atoms with Crippen LogP contribution in [0.3, 0.4) is 0 Å². The van der Waals surface area contributed by atoms with Crippen molar-refractivity contribution in [3.05, 3.63) is 12.7 Å². The molecule has 0 spiro atoms. The molecule has 2 N–H and O–H groups in total. The van der Waals surface area contributed by atoms with E-state index >= 15 is 0 Å². The molecule has 0 saturated carbocycles. The summed E-state index contributed by atoms with van der Waals surface area (Å²) in [5, 5.41) is 5.22. The van der Waals surface area contributed by atoms with Gasteiger partial charge >= 0.3 is 0 Å². The van der Waals surface area contributed by atoms with Gasteiger partial charge in [-0.1, -0.05) is 6.58 Å². The van der Waals surface area contributed by atoms with Gasteiger partial charge in [0, 0.05) is 6.54 Å². The lowest BCUT2D eigenvalue weighted by molar-refractivity contribution is -0.128. The van der Waals surface area contributed by atoms with Crippen molar-refractivity contribution < 1.29 is 9.59 Å². The van der Waals surface area contributed by atoms with Crippen LogP contribution in [-0.2, 0) is 9.59 Å². The molecule has 12 heavy (non-hydrogen) atoms. The molecule has 1 unspecified atom stereocenters. The topological polar surface area (TPSA) is 58.2 Å². The highest BCUT2D eigenvalue weighted by Crippen LogP contribution is 2.02. The van der Waals surface area contributed by atoms with Gasteiger partial charge in [-0.2, -0.15) is 0 Å². The molecule has 1 fully saturated rings. The molecule has 0 radical (unpaired) electrons. The van der Waals surface area contributed by atoms with Crippen molar-refractivity contribution >= 4 is 11.8 Å². The second-order valence-electron chi connectivity index (χ2n) is 2.70. The summed E-state index contributed by atoms with van der Waals surface area (Å²) in [7, 11) is 0. The molecule has 2 amide bonds. The minimum Gasteiger partial charge on any atom is -0.354 e. The molecule has 0 aromatic rings. The van der Waals surface area contributed by atoms with Crippen LogP contribution in [0.25, 0.3) is 0 Å². The van der Waals surface area contributed by atoms with Gasteiger partial charge in [-0.15, -0.1) is 0 Å². The molecule has 0 aliphatic carbocycles. The summed E-state index contributed by atoms with van der Waals surface area (Å²) in [6.07, 6.45) is 2.79. The summed E-state index contributed by atoms with van der Waals surface area (Å²) in [4.78, 5) is 21.9. The molecule has 1 atom stereocenters. The van der Waals surface area contributed by atoms with Gasteiger partial charge in [-0.3, -0.25) is 9.59 Å². The van der Waals surface area contributed by atoms with Gasteiger partial charge in [0.05, 0.1) is 0 Å². The molecule has 4 nitrogen and oxygen atoms in total. The zero-order valence-corrected chi connectivity index (χ0v) is 6.80. The minimum atomic E-state index is -0.371. The number of rotatable bonds is 2. The van der Waals surface area contributed by atoms with E-state index in [0.29, 0.717) is 13.0 Å². The lowest BCUT2D eigenvalue weighted by atomic mass is 10.1.